The Hall–Kier alpha value is -1.78. The number of benzene rings is 1. The minimum atomic E-state index is -0.0148. The van der Waals surface area contributed by atoms with Crippen LogP contribution < -0.4 is 0 Å². The molecule has 2 rings (SSSR count). The lowest BCUT2D eigenvalue weighted by Crippen LogP contribution is -2.29. The fraction of sp³-hybridized carbons (Fsp3) is 0.250. The van der Waals surface area contributed by atoms with Gasteiger partial charge in [0.2, 0.25) is 5.91 Å². The van der Waals surface area contributed by atoms with Gasteiger partial charge in [-0.25, -0.2) is 4.98 Å². The second kappa shape index (κ2) is 7.47. The molecule has 1 aromatic carbocycles. The van der Waals surface area contributed by atoms with Gasteiger partial charge < -0.3 is 9.47 Å². The van der Waals surface area contributed by atoms with Gasteiger partial charge in [-0.05, 0) is 17.7 Å². The Bertz CT molecular complexity index is 682. The molecule has 0 aliphatic carbocycles. The van der Waals surface area contributed by atoms with Crippen LogP contribution in [0.3, 0.4) is 0 Å². The fourth-order valence-electron chi connectivity index (χ4n) is 2.10. The van der Waals surface area contributed by atoms with E-state index in [0.29, 0.717) is 29.7 Å². The molecule has 6 heteroatoms. The third-order valence-electron chi connectivity index (χ3n) is 3.28. The Balaban J connectivity index is 2.18. The Morgan fingerprint density at radius 1 is 1.45 bits per heavy atom. The first-order valence-electron chi connectivity index (χ1n) is 6.81. The maximum absolute atomic E-state index is 11.6. The van der Waals surface area contributed by atoms with Crippen molar-refractivity contribution < 1.29 is 4.79 Å². The van der Waals surface area contributed by atoms with Crippen molar-refractivity contribution in [2.75, 3.05) is 6.54 Å². The minimum absolute atomic E-state index is 0.0148. The van der Waals surface area contributed by atoms with E-state index in [4.69, 9.17) is 23.2 Å². The Kier molecular flexibility index (Phi) is 5.63. The molecule has 22 heavy (non-hydrogen) atoms. The molecule has 1 heterocycles. The van der Waals surface area contributed by atoms with E-state index in [9.17, 15) is 4.79 Å². The van der Waals surface area contributed by atoms with Gasteiger partial charge in [0.05, 0.1) is 13.1 Å². The first kappa shape index (κ1) is 16.6. The largest absolute Gasteiger partial charge is 0.332 e. The molecule has 0 bridgehead atoms. The quantitative estimate of drug-likeness (QED) is 0.752. The molecule has 0 aliphatic heterocycles. The van der Waals surface area contributed by atoms with Gasteiger partial charge in [0, 0.05) is 35.9 Å². The Labute approximate surface area is 140 Å². The maximum Gasteiger partial charge on any atom is 0.220 e. The summed E-state index contributed by atoms with van der Waals surface area (Å²) in [5, 5.41) is 1.22. The predicted molar refractivity (Wildman–Crippen MR) is 89.1 cm³/mol. The number of carbonyl (C=O) groups excluding carboxylic acids is 1. The summed E-state index contributed by atoms with van der Waals surface area (Å²) in [5.41, 5.74) is 0.948. The lowest BCUT2D eigenvalue weighted by atomic mass is 10.2. The lowest BCUT2D eigenvalue weighted by Gasteiger charge is -2.19. The van der Waals surface area contributed by atoms with Crippen molar-refractivity contribution >= 4 is 29.1 Å². The van der Waals surface area contributed by atoms with Crippen molar-refractivity contribution in [3.63, 3.8) is 0 Å². The molecule has 0 N–H and O–H groups in total. The highest BCUT2D eigenvalue weighted by molar-refractivity contribution is 6.35. The summed E-state index contributed by atoms with van der Waals surface area (Å²) in [7, 11) is 0. The summed E-state index contributed by atoms with van der Waals surface area (Å²) in [6.45, 7) is 6.70. The van der Waals surface area contributed by atoms with Crippen LogP contribution in [0.5, 0.6) is 0 Å². The van der Waals surface area contributed by atoms with E-state index >= 15 is 0 Å². The van der Waals surface area contributed by atoms with Crippen molar-refractivity contribution in [1.82, 2.24) is 14.5 Å². The summed E-state index contributed by atoms with van der Waals surface area (Å²) >= 11 is 12.1. The van der Waals surface area contributed by atoms with E-state index in [1.165, 1.54) is 6.92 Å². The molecule has 0 unspecified atom stereocenters. The molecule has 4 nitrogen and oxygen atoms in total. The number of carbonyl (C=O) groups is 1. The van der Waals surface area contributed by atoms with E-state index < -0.39 is 0 Å². The van der Waals surface area contributed by atoms with Crippen LogP contribution >= 0.6 is 23.2 Å². The highest BCUT2D eigenvalue weighted by Gasteiger charge is 2.12. The molecule has 0 aliphatic rings. The van der Waals surface area contributed by atoms with Gasteiger partial charge in [0.1, 0.15) is 5.82 Å². The average Bonchev–Trinajstić information content (AvgIpc) is 2.88. The highest BCUT2D eigenvalue weighted by Crippen LogP contribution is 2.22. The maximum atomic E-state index is 11.6. The number of imidazole rings is 1. The Morgan fingerprint density at radius 2 is 2.23 bits per heavy atom. The number of aromatic nitrogens is 2. The zero-order valence-corrected chi connectivity index (χ0v) is 13.8. The van der Waals surface area contributed by atoms with Crippen LogP contribution in [0.15, 0.2) is 43.2 Å². The van der Waals surface area contributed by atoms with Gasteiger partial charge in [0.15, 0.2) is 0 Å². The van der Waals surface area contributed by atoms with Gasteiger partial charge in [-0.1, -0.05) is 35.3 Å². The summed E-state index contributed by atoms with van der Waals surface area (Å²) in [5.74, 6) is 0.780. The summed E-state index contributed by atoms with van der Waals surface area (Å²) in [4.78, 5) is 17.6. The number of halogens is 2. The van der Waals surface area contributed by atoms with E-state index in [2.05, 4.69) is 11.6 Å². The van der Waals surface area contributed by atoms with Gasteiger partial charge in [-0.3, -0.25) is 4.79 Å². The molecular formula is C16H17Cl2N3O. The van der Waals surface area contributed by atoms with E-state index in [1.807, 2.05) is 16.8 Å². The van der Waals surface area contributed by atoms with Crippen LogP contribution in [0.2, 0.25) is 10.0 Å². The molecule has 2 aromatic rings. The summed E-state index contributed by atoms with van der Waals surface area (Å²) < 4.78 is 1.97. The summed E-state index contributed by atoms with van der Waals surface area (Å²) in [6.07, 6.45) is 5.28. The van der Waals surface area contributed by atoms with Crippen LogP contribution in [0.1, 0.15) is 18.3 Å². The molecule has 0 saturated carbocycles. The van der Waals surface area contributed by atoms with Crippen LogP contribution in [-0.2, 0) is 17.9 Å². The average molecular weight is 338 g/mol. The number of rotatable bonds is 6. The van der Waals surface area contributed by atoms with Gasteiger partial charge in [-0.2, -0.15) is 0 Å². The molecule has 1 aromatic heterocycles. The normalized spacial score (nSPS) is 10.5. The van der Waals surface area contributed by atoms with Crippen molar-refractivity contribution in [2.24, 2.45) is 0 Å². The first-order valence-corrected chi connectivity index (χ1v) is 7.57. The van der Waals surface area contributed by atoms with Crippen LogP contribution in [0, 0.1) is 0 Å². The van der Waals surface area contributed by atoms with Crippen molar-refractivity contribution in [2.45, 2.75) is 20.0 Å². The zero-order chi connectivity index (χ0) is 16.1. The van der Waals surface area contributed by atoms with E-state index in [-0.39, 0.29) is 5.91 Å². The van der Waals surface area contributed by atoms with Crippen LogP contribution in [0.4, 0.5) is 0 Å². The summed E-state index contributed by atoms with van der Waals surface area (Å²) in [6, 6.07) is 5.41. The molecule has 0 fully saturated rings. The van der Waals surface area contributed by atoms with Crippen molar-refractivity contribution in [3.05, 3.63) is 64.7 Å². The number of nitrogens with zero attached hydrogens (tertiary/aromatic N) is 3. The van der Waals surface area contributed by atoms with Crippen LogP contribution in [0.25, 0.3) is 0 Å². The monoisotopic (exact) mass is 337 g/mol. The topological polar surface area (TPSA) is 38.1 Å². The number of hydrogen-bond donors (Lipinski definition) is 0. The fourth-order valence-corrected chi connectivity index (χ4v) is 2.57. The molecule has 0 atom stereocenters. The predicted octanol–water partition coefficient (Wildman–Crippen LogP) is 3.77. The zero-order valence-electron chi connectivity index (χ0n) is 12.3. The van der Waals surface area contributed by atoms with E-state index in [0.717, 1.165) is 11.4 Å². The number of amides is 1. The van der Waals surface area contributed by atoms with Gasteiger partial charge in [-0.15, -0.1) is 6.58 Å². The van der Waals surface area contributed by atoms with Gasteiger partial charge >= 0.3 is 0 Å². The molecule has 0 radical (unpaired) electrons. The molecular weight excluding hydrogens is 321 g/mol. The molecule has 0 saturated heterocycles. The van der Waals surface area contributed by atoms with E-state index in [1.54, 1.807) is 29.3 Å². The Morgan fingerprint density at radius 3 is 2.86 bits per heavy atom. The van der Waals surface area contributed by atoms with Crippen LogP contribution in [-0.4, -0.2) is 26.9 Å². The smallest absolute Gasteiger partial charge is 0.220 e. The lowest BCUT2D eigenvalue weighted by molar-refractivity contribution is -0.129. The molecule has 0 spiro atoms. The third kappa shape index (κ3) is 4.12. The third-order valence-corrected chi connectivity index (χ3v) is 3.87. The van der Waals surface area contributed by atoms with Crippen molar-refractivity contribution in [1.29, 1.82) is 0 Å². The standard InChI is InChI=1S/C16H17Cl2N3O/c1-3-7-20(12(2)22)11-16-19-6-8-21(16)10-13-4-5-14(17)9-15(13)18/h3-6,8-9H,1,7,10-11H2,2H3. The van der Waals surface area contributed by atoms with Gasteiger partial charge in [0.25, 0.3) is 0 Å². The minimum Gasteiger partial charge on any atom is -0.332 e. The molecule has 116 valence electrons. The first-order chi connectivity index (χ1) is 10.5. The number of hydrogen-bond acceptors (Lipinski definition) is 2. The SMILES string of the molecule is C=CCN(Cc1nccn1Cc1ccc(Cl)cc1Cl)C(C)=O. The van der Waals surface area contributed by atoms with Crippen molar-refractivity contribution in [3.8, 4) is 0 Å². The molecule has 1 amide bonds. The second-order valence-corrected chi connectivity index (χ2v) is 5.74. The highest BCUT2D eigenvalue weighted by atomic mass is 35.5. The second-order valence-electron chi connectivity index (χ2n) is 4.90.